The molecule has 0 unspecified atom stereocenters. The second-order valence-electron chi connectivity index (χ2n) is 6.16. The van der Waals surface area contributed by atoms with Crippen LogP contribution >= 0.6 is 0 Å². The predicted molar refractivity (Wildman–Crippen MR) is 103 cm³/mol. The first kappa shape index (κ1) is 19.9. The van der Waals surface area contributed by atoms with Crippen LogP contribution in [0.4, 0.5) is 4.39 Å². The molecule has 1 aromatic heterocycles. The molecule has 146 valence electrons. The largest absolute Gasteiger partial charge is 0.457 e. The lowest BCUT2D eigenvalue weighted by Gasteiger charge is -2.11. The van der Waals surface area contributed by atoms with Gasteiger partial charge in [0, 0.05) is 23.7 Å². The Morgan fingerprint density at radius 2 is 2.00 bits per heavy atom. The highest BCUT2D eigenvalue weighted by Gasteiger charge is 2.18. The van der Waals surface area contributed by atoms with Gasteiger partial charge in [-0.05, 0) is 42.8 Å². The molecule has 0 amide bonds. The summed E-state index contributed by atoms with van der Waals surface area (Å²) >= 11 is 0. The Balaban J connectivity index is 1.86. The van der Waals surface area contributed by atoms with Crippen molar-refractivity contribution in [2.45, 2.75) is 25.3 Å². The lowest BCUT2D eigenvalue weighted by atomic mass is 10.1. The number of pyridine rings is 1. The van der Waals surface area contributed by atoms with Gasteiger partial charge < -0.3 is 4.74 Å². The van der Waals surface area contributed by atoms with Crippen LogP contribution in [0.1, 0.15) is 28.4 Å². The zero-order valence-corrected chi connectivity index (χ0v) is 16.2. The fraction of sp³-hybridized carbons (Fsp3) is 0.200. The van der Waals surface area contributed by atoms with Gasteiger partial charge in [0.1, 0.15) is 12.4 Å². The van der Waals surface area contributed by atoms with Gasteiger partial charge in [0.05, 0.1) is 16.0 Å². The van der Waals surface area contributed by atoms with E-state index >= 15 is 0 Å². The van der Waals surface area contributed by atoms with Gasteiger partial charge in [0.2, 0.25) is 10.0 Å². The second-order valence-corrected chi connectivity index (χ2v) is 7.93. The summed E-state index contributed by atoms with van der Waals surface area (Å²) in [5, 5.41) is 0.339. The highest BCUT2D eigenvalue weighted by atomic mass is 32.2. The van der Waals surface area contributed by atoms with Crippen molar-refractivity contribution in [1.29, 1.82) is 0 Å². The second kappa shape index (κ2) is 8.04. The third-order valence-corrected chi connectivity index (χ3v) is 5.78. The van der Waals surface area contributed by atoms with Gasteiger partial charge in [-0.3, -0.25) is 4.98 Å². The molecule has 0 bridgehead atoms. The van der Waals surface area contributed by atoms with Crippen molar-refractivity contribution >= 4 is 26.9 Å². The molecule has 3 rings (SSSR count). The van der Waals surface area contributed by atoms with Crippen molar-refractivity contribution in [3.8, 4) is 0 Å². The summed E-state index contributed by atoms with van der Waals surface area (Å²) in [5.41, 5.74) is 1.70. The van der Waals surface area contributed by atoms with E-state index < -0.39 is 21.8 Å². The first-order valence-electron chi connectivity index (χ1n) is 8.63. The Labute approximate surface area is 162 Å². The zero-order valence-electron chi connectivity index (χ0n) is 15.4. The molecule has 28 heavy (non-hydrogen) atoms. The van der Waals surface area contributed by atoms with Crippen LogP contribution in [0, 0.1) is 12.7 Å². The number of hydrogen-bond donors (Lipinski definition) is 1. The number of aryl methyl sites for hydroxylation is 1. The number of fused-ring (bicyclic) bond motifs is 1. The first-order valence-corrected chi connectivity index (χ1v) is 10.1. The van der Waals surface area contributed by atoms with E-state index in [0.717, 1.165) is 0 Å². The van der Waals surface area contributed by atoms with Crippen LogP contribution in [-0.4, -0.2) is 25.9 Å². The molecule has 0 saturated heterocycles. The van der Waals surface area contributed by atoms with Crippen molar-refractivity contribution in [1.82, 2.24) is 9.71 Å². The summed E-state index contributed by atoms with van der Waals surface area (Å²) in [6, 6.07) is 10.3. The fourth-order valence-corrected chi connectivity index (χ4v) is 3.86. The summed E-state index contributed by atoms with van der Waals surface area (Å²) in [6.45, 7) is 3.48. The average molecular weight is 402 g/mol. The monoisotopic (exact) mass is 402 g/mol. The molecule has 0 aliphatic rings. The van der Waals surface area contributed by atoms with E-state index in [9.17, 15) is 17.6 Å². The Morgan fingerprint density at radius 1 is 1.21 bits per heavy atom. The summed E-state index contributed by atoms with van der Waals surface area (Å²) < 4.78 is 46.0. The van der Waals surface area contributed by atoms with Gasteiger partial charge in [-0.15, -0.1) is 0 Å². The number of nitrogens with one attached hydrogen (secondary N) is 1. The molecule has 1 heterocycles. The van der Waals surface area contributed by atoms with E-state index in [0.29, 0.717) is 22.0 Å². The van der Waals surface area contributed by atoms with E-state index in [2.05, 4.69) is 9.71 Å². The minimum Gasteiger partial charge on any atom is -0.457 e. The molecule has 2 aromatic carbocycles. The average Bonchev–Trinajstić information content (AvgIpc) is 2.67. The number of esters is 1. The maximum atomic E-state index is 13.9. The summed E-state index contributed by atoms with van der Waals surface area (Å²) in [4.78, 5) is 16.7. The summed E-state index contributed by atoms with van der Waals surface area (Å²) in [5.74, 6) is -1.07. The van der Waals surface area contributed by atoms with Gasteiger partial charge in [-0.1, -0.05) is 19.1 Å². The smallest absolute Gasteiger partial charge is 0.338 e. The number of benzene rings is 2. The molecule has 1 N–H and O–H groups in total. The quantitative estimate of drug-likeness (QED) is 0.639. The lowest BCUT2D eigenvalue weighted by Crippen LogP contribution is -2.23. The molecule has 3 aromatic rings. The van der Waals surface area contributed by atoms with Crippen molar-refractivity contribution in [3.63, 3.8) is 0 Å². The fourth-order valence-electron chi connectivity index (χ4n) is 2.80. The molecule has 0 radical (unpaired) electrons. The number of sulfonamides is 1. The van der Waals surface area contributed by atoms with Crippen LogP contribution in [0.3, 0.4) is 0 Å². The van der Waals surface area contributed by atoms with Gasteiger partial charge in [0.15, 0.2) is 0 Å². The normalized spacial score (nSPS) is 11.5. The highest BCUT2D eigenvalue weighted by Crippen LogP contribution is 2.22. The highest BCUT2D eigenvalue weighted by molar-refractivity contribution is 7.89. The Hall–Kier alpha value is -2.84. The maximum absolute atomic E-state index is 13.9. The first-order chi connectivity index (χ1) is 13.3. The topological polar surface area (TPSA) is 85.4 Å². The number of aromatic nitrogens is 1. The number of ether oxygens (including phenoxy) is 1. The van der Waals surface area contributed by atoms with Crippen LogP contribution in [0.15, 0.2) is 53.6 Å². The lowest BCUT2D eigenvalue weighted by molar-refractivity contribution is 0.0473. The minimum absolute atomic E-state index is 0.0131. The number of hydrogen-bond acceptors (Lipinski definition) is 5. The SMILES string of the molecule is CCNS(=O)(=O)c1ccc(C)c(C(=O)OCc2ccc(F)c3cccnc23)c1. The van der Waals surface area contributed by atoms with E-state index in [-0.39, 0.29) is 23.6 Å². The van der Waals surface area contributed by atoms with Crippen LogP contribution in [-0.2, 0) is 21.4 Å². The van der Waals surface area contributed by atoms with E-state index in [1.165, 1.54) is 30.5 Å². The number of carbonyl (C=O) groups excluding carboxylic acids is 1. The van der Waals surface area contributed by atoms with E-state index in [1.807, 2.05) is 0 Å². The molecule has 0 saturated carbocycles. The summed E-state index contributed by atoms with van der Waals surface area (Å²) in [6.07, 6.45) is 1.53. The molecule has 0 aliphatic heterocycles. The summed E-state index contributed by atoms with van der Waals surface area (Å²) in [7, 11) is -3.69. The number of nitrogens with zero attached hydrogens (tertiary/aromatic N) is 1. The molecular formula is C20H19FN2O4S. The van der Waals surface area contributed by atoms with Crippen molar-refractivity contribution in [2.24, 2.45) is 0 Å². The van der Waals surface area contributed by atoms with Gasteiger partial charge in [0.25, 0.3) is 0 Å². The third-order valence-electron chi connectivity index (χ3n) is 4.23. The third kappa shape index (κ3) is 4.02. The Morgan fingerprint density at radius 3 is 2.75 bits per heavy atom. The maximum Gasteiger partial charge on any atom is 0.338 e. The van der Waals surface area contributed by atoms with Crippen LogP contribution in [0.2, 0.25) is 0 Å². The van der Waals surface area contributed by atoms with E-state index in [4.69, 9.17) is 4.74 Å². The van der Waals surface area contributed by atoms with Crippen molar-refractivity contribution in [3.05, 3.63) is 71.2 Å². The van der Waals surface area contributed by atoms with Crippen LogP contribution in [0.25, 0.3) is 10.9 Å². The standard InChI is InChI=1S/C20H19FN2O4S/c1-3-23-28(25,26)15-8-6-13(2)17(11-15)20(24)27-12-14-7-9-18(21)16-5-4-10-22-19(14)16/h4-11,23H,3,12H2,1-2H3. The minimum atomic E-state index is -3.69. The van der Waals surface area contributed by atoms with Crippen molar-refractivity contribution < 1.29 is 22.3 Å². The number of halogens is 1. The predicted octanol–water partition coefficient (Wildman–Crippen LogP) is 3.34. The van der Waals surface area contributed by atoms with Crippen LogP contribution in [0.5, 0.6) is 0 Å². The molecule has 0 spiro atoms. The van der Waals surface area contributed by atoms with Crippen LogP contribution < -0.4 is 4.72 Å². The molecule has 8 heteroatoms. The molecule has 0 atom stereocenters. The van der Waals surface area contributed by atoms with Crippen molar-refractivity contribution in [2.75, 3.05) is 6.54 Å². The molecular weight excluding hydrogens is 383 g/mol. The van der Waals surface area contributed by atoms with Gasteiger partial charge in [-0.2, -0.15) is 0 Å². The zero-order chi connectivity index (χ0) is 20.3. The Bertz CT molecular complexity index is 1150. The number of carbonyl (C=O) groups is 1. The van der Waals surface area contributed by atoms with Gasteiger partial charge in [-0.25, -0.2) is 22.3 Å². The Kier molecular flexibility index (Phi) is 5.71. The molecule has 0 aliphatic carbocycles. The molecule has 0 fully saturated rings. The van der Waals surface area contributed by atoms with Gasteiger partial charge >= 0.3 is 5.97 Å². The van der Waals surface area contributed by atoms with E-state index in [1.54, 1.807) is 32.0 Å². The number of rotatable bonds is 6. The molecule has 6 nitrogen and oxygen atoms in total.